The van der Waals surface area contributed by atoms with Gasteiger partial charge in [0.15, 0.2) is 0 Å². The number of anilines is 1. The predicted octanol–water partition coefficient (Wildman–Crippen LogP) is 5.79. The highest BCUT2D eigenvalue weighted by Crippen LogP contribution is 2.35. The standard InChI is InChI=1S/C24H26N2O3S/c1-15-6-11-22(30-15)18-12-20(19-4-2-3-5-21(19)27)26-23(13-18)25-14-16-7-9-17(10-8-16)24(28)29/h2-6,11-13,16-17,27H,7-10,14H2,1H3,(H,25,26)(H,28,29). The maximum Gasteiger partial charge on any atom is 0.306 e. The van der Waals surface area contributed by atoms with Crippen molar-refractivity contribution < 1.29 is 15.0 Å². The number of aromatic nitrogens is 1. The Morgan fingerprint density at radius 1 is 1.13 bits per heavy atom. The van der Waals surface area contributed by atoms with Crippen molar-refractivity contribution in [2.24, 2.45) is 11.8 Å². The zero-order valence-corrected chi connectivity index (χ0v) is 17.8. The summed E-state index contributed by atoms with van der Waals surface area (Å²) in [5.41, 5.74) is 2.50. The second kappa shape index (κ2) is 8.88. The molecule has 1 fully saturated rings. The summed E-state index contributed by atoms with van der Waals surface area (Å²) in [5.74, 6) is 0.565. The Balaban J connectivity index is 1.57. The molecule has 3 N–H and O–H groups in total. The molecule has 0 bridgehead atoms. The number of nitrogens with one attached hydrogen (secondary N) is 1. The number of aromatic hydroxyl groups is 1. The van der Waals surface area contributed by atoms with Crippen molar-refractivity contribution in [2.75, 3.05) is 11.9 Å². The van der Waals surface area contributed by atoms with Crippen LogP contribution in [0.5, 0.6) is 5.75 Å². The predicted molar refractivity (Wildman–Crippen MR) is 121 cm³/mol. The van der Waals surface area contributed by atoms with E-state index >= 15 is 0 Å². The third-order valence-corrected chi connectivity index (χ3v) is 6.85. The molecule has 3 aromatic rings. The third kappa shape index (κ3) is 4.65. The third-order valence-electron chi connectivity index (χ3n) is 5.80. The monoisotopic (exact) mass is 422 g/mol. The van der Waals surface area contributed by atoms with Crippen LogP contribution in [0.2, 0.25) is 0 Å². The van der Waals surface area contributed by atoms with Crippen molar-refractivity contribution in [1.82, 2.24) is 4.98 Å². The average Bonchev–Trinajstić information content (AvgIpc) is 3.19. The van der Waals surface area contributed by atoms with Gasteiger partial charge >= 0.3 is 5.97 Å². The number of thiophene rings is 1. The number of carboxylic acids is 1. The second-order valence-corrected chi connectivity index (χ2v) is 9.28. The number of aryl methyl sites for hydroxylation is 1. The molecule has 30 heavy (non-hydrogen) atoms. The van der Waals surface area contributed by atoms with Crippen molar-refractivity contribution in [2.45, 2.75) is 32.6 Å². The number of hydrogen-bond acceptors (Lipinski definition) is 5. The highest BCUT2D eigenvalue weighted by molar-refractivity contribution is 7.15. The summed E-state index contributed by atoms with van der Waals surface area (Å²) in [6.07, 6.45) is 3.32. The number of phenolic OH excluding ortho intramolecular Hbond substituents is 1. The van der Waals surface area contributed by atoms with Gasteiger partial charge in [-0.1, -0.05) is 12.1 Å². The molecule has 0 spiro atoms. The van der Waals surface area contributed by atoms with Gasteiger partial charge in [0, 0.05) is 21.9 Å². The van der Waals surface area contributed by atoms with Crippen molar-refractivity contribution in [1.29, 1.82) is 0 Å². The summed E-state index contributed by atoms with van der Waals surface area (Å²) in [6, 6.07) is 15.5. The molecular formula is C24H26N2O3S. The first-order chi connectivity index (χ1) is 14.5. The Hall–Kier alpha value is -2.86. The SMILES string of the molecule is Cc1ccc(-c2cc(NCC3CCC(C(=O)O)CC3)nc(-c3ccccc3O)c2)s1. The van der Waals surface area contributed by atoms with Crippen molar-refractivity contribution in [3.8, 4) is 27.4 Å². The Labute approximate surface area is 180 Å². The van der Waals surface area contributed by atoms with Gasteiger partial charge in [0.2, 0.25) is 0 Å². The lowest BCUT2D eigenvalue weighted by Gasteiger charge is -2.26. The van der Waals surface area contributed by atoms with E-state index in [1.807, 2.05) is 18.2 Å². The first-order valence-corrected chi connectivity index (χ1v) is 11.1. The van der Waals surface area contributed by atoms with Gasteiger partial charge in [0.25, 0.3) is 0 Å². The highest BCUT2D eigenvalue weighted by atomic mass is 32.1. The molecule has 4 rings (SSSR count). The van der Waals surface area contributed by atoms with Crippen molar-refractivity contribution >= 4 is 23.1 Å². The molecule has 0 radical (unpaired) electrons. The summed E-state index contributed by atoms with van der Waals surface area (Å²) < 4.78 is 0. The summed E-state index contributed by atoms with van der Waals surface area (Å²) in [4.78, 5) is 18.3. The van der Waals surface area contributed by atoms with E-state index in [1.165, 1.54) is 4.88 Å². The molecule has 156 valence electrons. The summed E-state index contributed by atoms with van der Waals surface area (Å²) in [7, 11) is 0. The van der Waals surface area contributed by atoms with Crippen LogP contribution in [-0.2, 0) is 4.79 Å². The van der Waals surface area contributed by atoms with E-state index in [0.717, 1.165) is 54.2 Å². The lowest BCUT2D eigenvalue weighted by molar-refractivity contribution is -0.143. The lowest BCUT2D eigenvalue weighted by atomic mass is 9.82. The van der Waals surface area contributed by atoms with Crippen molar-refractivity contribution in [3.63, 3.8) is 0 Å². The molecule has 0 amide bonds. The lowest BCUT2D eigenvalue weighted by Crippen LogP contribution is -2.25. The van der Waals surface area contributed by atoms with Crippen LogP contribution in [0.15, 0.2) is 48.5 Å². The molecule has 2 aromatic heterocycles. The van der Waals surface area contributed by atoms with Gasteiger partial charge in [-0.3, -0.25) is 4.79 Å². The number of para-hydroxylation sites is 1. The fourth-order valence-electron chi connectivity index (χ4n) is 4.04. The van der Waals surface area contributed by atoms with Gasteiger partial charge in [-0.15, -0.1) is 11.3 Å². The van der Waals surface area contributed by atoms with Crippen LogP contribution in [-0.4, -0.2) is 27.7 Å². The molecule has 0 aliphatic heterocycles. The Kier molecular flexibility index (Phi) is 6.04. The molecular weight excluding hydrogens is 396 g/mol. The van der Waals surface area contributed by atoms with E-state index in [2.05, 4.69) is 30.4 Å². The topological polar surface area (TPSA) is 82.5 Å². The van der Waals surface area contributed by atoms with Gasteiger partial charge in [0.1, 0.15) is 11.6 Å². The molecule has 6 heteroatoms. The number of carbonyl (C=O) groups is 1. The molecule has 0 saturated heterocycles. The Morgan fingerprint density at radius 3 is 2.57 bits per heavy atom. The van der Waals surface area contributed by atoms with E-state index in [4.69, 9.17) is 4.98 Å². The van der Waals surface area contributed by atoms with Crippen molar-refractivity contribution in [3.05, 3.63) is 53.4 Å². The molecule has 5 nitrogen and oxygen atoms in total. The Bertz CT molecular complexity index is 1040. The average molecular weight is 423 g/mol. The molecule has 0 atom stereocenters. The highest BCUT2D eigenvalue weighted by Gasteiger charge is 2.25. The normalized spacial score (nSPS) is 18.8. The maximum atomic E-state index is 11.2. The summed E-state index contributed by atoms with van der Waals surface area (Å²) in [5, 5.41) is 23.0. The van der Waals surface area contributed by atoms with Gasteiger partial charge in [-0.05, 0) is 80.5 Å². The molecule has 0 unspecified atom stereocenters. The van der Waals surface area contributed by atoms with Crippen LogP contribution >= 0.6 is 11.3 Å². The van der Waals surface area contributed by atoms with Gasteiger partial charge in [-0.25, -0.2) is 4.98 Å². The van der Waals surface area contributed by atoms with Crippen LogP contribution < -0.4 is 5.32 Å². The van der Waals surface area contributed by atoms with E-state index in [-0.39, 0.29) is 11.7 Å². The number of pyridine rings is 1. The summed E-state index contributed by atoms with van der Waals surface area (Å²) >= 11 is 1.73. The number of nitrogens with zero attached hydrogens (tertiary/aromatic N) is 1. The second-order valence-electron chi connectivity index (χ2n) is 7.99. The number of rotatable bonds is 6. The minimum atomic E-state index is -0.672. The first kappa shape index (κ1) is 20.4. The van der Waals surface area contributed by atoms with Gasteiger partial charge in [0.05, 0.1) is 11.6 Å². The smallest absolute Gasteiger partial charge is 0.306 e. The quantitative estimate of drug-likeness (QED) is 0.468. The minimum Gasteiger partial charge on any atom is -0.507 e. The number of aliphatic carboxylic acids is 1. The molecule has 1 saturated carbocycles. The van der Waals surface area contributed by atoms with Crippen LogP contribution in [0.1, 0.15) is 30.6 Å². The number of benzene rings is 1. The fourth-order valence-corrected chi connectivity index (χ4v) is 4.90. The van der Waals surface area contributed by atoms with Crippen LogP contribution in [0.3, 0.4) is 0 Å². The minimum absolute atomic E-state index is 0.197. The molecule has 1 aromatic carbocycles. The van der Waals surface area contributed by atoms with E-state index in [1.54, 1.807) is 23.5 Å². The number of carboxylic acid groups (broad SMARTS) is 1. The van der Waals surface area contributed by atoms with E-state index in [0.29, 0.717) is 11.5 Å². The van der Waals surface area contributed by atoms with E-state index < -0.39 is 5.97 Å². The van der Waals surface area contributed by atoms with Crippen LogP contribution in [0.4, 0.5) is 5.82 Å². The summed E-state index contributed by atoms with van der Waals surface area (Å²) in [6.45, 7) is 2.86. The number of hydrogen-bond donors (Lipinski definition) is 3. The van der Waals surface area contributed by atoms with Gasteiger partial charge < -0.3 is 15.5 Å². The van der Waals surface area contributed by atoms with Crippen LogP contribution in [0.25, 0.3) is 21.7 Å². The first-order valence-electron chi connectivity index (χ1n) is 10.3. The van der Waals surface area contributed by atoms with E-state index in [9.17, 15) is 15.0 Å². The largest absolute Gasteiger partial charge is 0.507 e. The number of phenols is 1. The van der Waals surface area contributed by atoms with Gasteiger partial charge in [-0.2, -0.15) is 0 Å². The molecule has 1 aliphatic rings. The molecule has 1 aliphatic carbocycles. The zero-order valence-electron chi connectivity index (χ0n) is 17.0. The molecule has 2 heterocycles. The zero-order chi connectivity index (χ0) is 21.1. The Morgan fingerprint density at radius 2 is 1.90 bits per heavy atom. The maximum absolute atomic E-state index is 11.2. The fraction of sp³-hybridized carbons (Fsp3) is 0.333. The van der Waals surface area contributed by atoms with Crippen LogP contribution in [0, 0.1) is 18.8 Å².